The number of alkyl halides is 3. The summed E-state index contributed by atoms with van der Waals surface area (Å²) < 4.78 is 42.8. The summed E-state index contributed by atoms with van der Waals surface area (Å²) in [4.78, 5) is 13.8. The lowest BCUT2D eigenvalue weighted by molar-refractivity contribution is -0.138. The van der Waals surface area contributed by atoms with Gasteiger partial charge >= 0.3 is 12.2 Å². The molecule has 0 heterocycles. The van der Waals surface area contributed by atoms with E-state index in [1.54, 1.807) is 7.11 Å². The molecular weight excluding hydrogens is 297 g/mol. The normalized spacial score (nSPS) is 26.4. The number of hydrogen-bond acceptors (Lipinski definition) is 2. The van der Waals surface area contributed by atoms with E-state index in [-0.39, 0.29) is 30.8 Å². The molecule has 2 fully saturated rings. The molecule has 2 atom stereocenters. The first kappa shape index (κ1) is 17.4. The largest absolute Gasteiger partial charge is 0.390 e. The number of nitrogens with one attached hydrogen (secondary N) is 1. The number of carbonyl (C=O) groups excluding carboxylic acids is 1. The molecule has 2 aliphatic carbocycles. The van der Waals surface area contributed by atoms with Crippen LogP contribution in [0.4, 0.5) is 18.0 Å². The Morgan fingerprint density at radius 2 is 1.86 bits per heavy atom. The highest BCUT2D eigenvalue weighted by atomic mass is 19.4. The molecule has 0 saturated heterocycles. The molecule has 0 aromatic heterocycles. The summed E-state index contributed by atoms with van der Waals surface area (Å²) >= 11 is 0. The van der Waals surface area contributed by atoms with Crippen molar-refractivity contribution in [3.8, 4) is 0 Å². The number of methoxy groups -OCH3 is 1. The van der Waals surface area contributed by atoms with Gasteiger partial charge in [0.2, 0.25) is 0 Å². The fourth-order valence-electron chi connectivity index (χ4n) is 3.18. The van der Waals surface area contributed by atoms with Crippen LogP contribution in [-0.2, 0) is 4.74 Å². The van der Waals surface area contributed by atoms with Crippen molar-refractivity contribution in [3.05, 3.63) is 0 Å². The van der Waals surface area contributed by atoms with Crippen molar-refractivity contribution < 1.29 is 22.7 Å². The Hall–Kier alpha value is -0.980. The molecule has 0 unspecified atom stereocenters. The van der Waals surface area contributed by atoms with Crippen LogP contribution < -0.4 is 5.32 Å². The number of amides is 2. The van der Waals surface area contributed by atoms with Crippen molar-refractivity contribution in [2.75, 3.05) is 13.7 Å². The summed E-state index contributed by atoms with van der Waals surface area (Å²) in [5, 5.41) is 2.90. The lowest BCUT2D eigenvalue weighted by atomic mass is 9.91. The molecule has 2 aliphatic rings. The lowest BCUT2D eigenvalue weighted by Crippen LogP contribution is -2.55. The summed E-state index contributed by atoms with van der Waals surface area (Å²) in [7, 11) is 1.61. The average Bonchev–Trinajstić information content (AvgIpc) is 2.40. The molecule has 4 nitrogen and oxygen atoms in total. The molecule has 22 heavy (non-hydrogen) atoms. The molecular formula is C15H25F3N2O2. The molecule has 0 aromatic carbocycles. The van der Waals surface area contributed by atoms with E-state index in [1.807, 2.05) is 0 Å². The second kappa shape index (κ2) is 7.53. The number of hydrogen-bond donors (Lipinski definition) is 1. The molecule has 0 radical (unpaired) electrons. The van der Waals surface area contributed by atoms with Crippen LogP contribution in [0, 0.1) is 0 Å². The van der Waals surface area contributed by atoms with E-state index in [2.05, 4.69) is 5.32 Å². The Labute approximate surface area is 129 Å². The smallest absolute Gasteiger partial charge is 0.379 e. The summed E-state index contributed by atoms with van der Waals surface area (Å²) in [6, 6.07) is -0.519. The van der Waals surface area contributed by atoms with Gasteiger partial charge < -0.3 is 15.0 Å². The van der Waals surface area contributed by atoms with E-state index in [4.69, 9.17) is 4.74 Å². The quantitative estimate of drug-likeness (QED) is 0.842. The van der Waals surface area contributed by atoms with Crippen molar-refractivity contribution in [2.24, 2.45) is 0 Å². The summed E-state index contributed by atoms with van der Waals surface area (Å²) in [6.45, 7) is -0.260. The topological polar surface area (TPSA) is 41.6 Å². The molecule has 0 aliphatic heterocycles. The Bertz CT molecular complexity index is 372. The highest BCUT2D eigenvalue weighted by Gasteiger charge is 2.35. The monoisotopic (exact) mass is 322 g/mol. The number of nitrogens with zero attached hydrogens (tertiary/aromatic N) is 1. The number of rotatable bonds is 5. The maximum Gasteiger partial charge on any atom is 0.390 e. The van der Waals surface area contributed by atoms with Gasteiger partial charge in [-0.15, -0.1) is 0 Å². The van der Waals surface area contributed by atoms with Crippen LogP contribution in [0.2, 0.25) is 0 Å². The van der Waals surface area contributed by atoms with Crippen LogP contribution in [0.3, 0.4) is 0 Å². The summed E-state index contributed by atoms with van der Waals surface area (Å²) in [6.07, 6.45) is 1.12. The lowest BCUT2D eigenvalue weighted by Gasteiger charge is -2.40. The van der Waals surface area contributed by atoms with Crippen LogP contribution in [-0.4, -0.2) is 48.9 Å². The maximum atomic E-state index is 12.5. The van der Waals surface area contributed by atoms with Crippen LogP contribution in [0.5, 0.6) is 0 Å². The molecule has 0 aromatic rings. The van der Waals surface area contributed by atoms with Crippen molar-refractivity contribution in [1.82, 2.24) is 10.2 Å². The molecule has 2 rings (SSSR count). The Balaban J connectivity index is 1.92. The van der Waals surface area contributed by atoms with Gasteiger partial charge in [-0.05, 0) is 32.1 Å². The zero-order valence-electron chi connectivity index (χ0n) is 13.0. The van der Waals surface area contributed by atoms with Crippen LogP contribution in [0.1, 0.15) is 51.4 Å². The van der Waals surface area contributed by atoms with E-state index in [0.29, 0.717) is 0 Å². The SMILES string of the molecule is CO[C@H]1CCCC[C@H]1NC(=O)N(CCC(F)(F)F)C1CCC1. The van der Waals surface area contributed by atoms with E-state index in [0.717, 1.165) is 44.9 Å². The van der Waals surface area contributed by atoms with Gasteiger partial charge in [-0.2, -0.15) is 13.2 Å². The molecule has 7 heteroatoms. The minimum atomic E-state index is -4.23. The predicted molar refractivity (Wildman–Crippen MR) is 76.6 cm³/mol. The molecule has 0 spiro atoms. The van der Waals surface area contributed by atoms with Gasteiger partial charge in [0, 0.05) is 19.7 Å². The van der Waals surface area contributed by atoms with E-state index in [1.165, 1.54) is 4.90 Å². The van der Waals surface area contributed by atoms with Crippen LogP contribution >= 0.6 is 0 Å². The average molecular weight is 322 g/mol. The van der Waals surface area contributed by atoms with Gasteiger partial charge in [0.25, 0.3) is 0 Å². The van der Waals surface area contributed by atoms with E-state index < -0.39 is 12.6 Å². The first-order valence-corrected chi connectivity index (χ1v) is 8.07. The first-order valence-electron chi connectivity index (χ1n) is 8.07. The first-order chi connectivity index (χ1) is 10.4. The van der Waals surface area contributed by atoms with Crippen LogP contribution in [0.15, 0.2) is 0 Å². The Kier molecular flexibility index (Phi) is 5.94. The second-order valence-corrected chi connectivity index (χ2v) is 6.26. The third-order valence-electron chi connectivity index (χ3n) is 4.73. The number of carbonyl (C=O) groups is 1. The maximum absolute atomic E-state index is 12.5. The standard InChI is InChI=1S/C15H25F3N2O2/c1-22-13-8-3-2-7-12(13)19-14(21)20(11-5-4-6-11)10-9-15(16,17)18/h11-13H,2-10H2,1H3,(H,19,21)/t12-,13+/m1/s1. The van der Waals surface area contributed by atoms with Gasteiger partial charge in [-0.3, -0.25) is 0 Å². The fraction of sp³-hybridized carbons (Fsp3) is 0.933. The summed E-state index contributed by atoms with van der Waals surface area (Å²) in [5.74, 6) is 0. The third-order valence-corrected chi connectivity index (χ3v) is 4.73. The highest BCUT2D eigenvalue weighted by Crippen LogP contribution is 2.28. The predicted octanol–water partition coefficient (Wildman–Crippen LogP) is 3.46. The zero-order chi connectivity index (χ0) is 16.2. The second-order valence-electron chi connectivity index (χ2n) is 6.26. The van der Waals surface area contributed by atoms with Crippen molar-refractivity contribution in [3.63, 3.8) is 0 Å². The number of ether oxygens (including phenoxy) is 1. The fourth-order valence-corrected chi connectivity index (χ4v) is 3.18. The highest BCUT2D eigenvalue weighted by molar-refractivity contribution is 5.75. The molecule has 1 N–H and O–H groups in total. The van der Waals surface area contributed by atoms with Gasteiger partial charge in [-0.1, -0.05) is 12.8 Å². The Morgan fingerprint density at radius 1 is 1.18 bits per heavy atom. The number of urea groups is 1. The minimum Gasteiger partial charge on any atom is -0.379 e. The summed E-state index contributed by atoms with van der Waals surface area (Å²) in [5.41, 5.74) is 0. The van der Waals surface area contributed by atoms with Crippen molar-refractivity contribution in [1.29, 1.82) is 0 Å². The van der Waals surface area contributed by atoms with Crippen LogP contribution in [0.25, 0.3) is 0 Å². The number of halogens is 3. The molecule has 0 bridgehead atoms. The van der Waals surface area contributed by atoms with Gasteiger partial charge in [0.1, 0.15) is 0 Å². The van der Waals surface area contributed by atoms with E-state index in [9.17, 15) is 18.0 Å². The molecule has 2 amide bonds. The Morgan fingerprint density at radius 3 is 2.41 bits per heavy atom. The van der Waals surface area contributed by atoms with Gasteiger partial charge in [-0.25, -0.2) is 4.79 Å². The molecule has 128 valence electrons. The third kappa shape index (κ3) is 4.76. The van der Waals surface area contributed by atoms with Crippen molar-refractivity contribution in [2.45, 2.75) is 75.7 Å². The van der Waals surface area contributed by atoms with Gasteiger partial charge in [0.05, 0.1) is 18.6 Å². The van der Waals surface area contributed by atoms with Gasteiger partial charge in [0.15, 0.2) is 0 Å². The zero-order valence-corrected chi connectivity index (χ0v) is 13.0. The van der Waals surface area contributed by atoms with Crippen molar-refractivity contribution >= 4 is 6.03 Å². The molecule has 2 saturated carbocycles. The van der Waals surface area contributed by atoms with E-state index >= 15 is 0 Å². The minimum absolute atomic E-state index is 0.0384.